The van der Waals surface area contributed by atoms with Crippen molar-refractivity contribution in [2.45, 2.75) is 50.4 Å². The Morgan fingerprint density at radius 1 is 1.10 bits per heavy atom. The van der Waals surface area contributed by atoms with E-state index in [1.54, 1.807) is 0 Å². The topological polar surface area (TPSA) is 59.2 Å². The standard InChI is InChI=1S/C17H22N2O2/c20-13-7-4-10-15-18-16(19-21-15)17(11-5-6-12-17)14-8-2-1-3-9-14/h1-3,8-9,20H,4-7,10-13H2. The van der Waals surface area contributed by atoms with E-state index >= 15 is 0 Å². The van der Waals surface area contributed by atoms with Crippen molar-refractivity contribution in [3.63, 3.8) is 0 Å². The molecule has 21 heavy (non-hydrogen) atoms. The number of aromatic nitrogens is 2. The Balaban J connectivity index is 1.85. The van der Waals surface area contributed by atoms with Crippen molar-refractivity contribution >= 4 is 0 Å². The third kappa shape index (κ3) is 2.86. The summed E-state index contributed by atoms with van der Waals surface area (Å²) >= 11 is 0. The second-order valence-electron chi connectivity index (χ2n) is 5.85. The first-order valence-corrected chi connectivity index (χ1v) is 7.85. The zero-order chi connectivity index (χ0) is 14.5. The lowest BCUT2D eigenvalue weighted by atomic mass is 9.78. The highest BCUT2D eigenvalue weighted by atomic mass is 16.5. The summed E-state index contributed by atoms with van der Waals surface area (Å²) < 4.78 is 5.43. The van der Waals surface area contributed by atoms with Crippen LogP contribution in [0.2, 0.25) is 0 Å². The van der Waals surface area contributed by atoms with E-state index in [4.69, 9.17) is 9.63 Å². The first-order chi connectivity index (χ1) is 10.3. The number of aliphatic hydroxyl groups is 1. The highest BCUT2D eigenvalue weighted by Crippen LogP contribution is 2.45. The van der Waals surface area contributed by atoms with E-state index in [1.165, 1.54) is 18.4 Å². The second kappa shape index (κ2) is 6.39. The SMILES string of the molecule is OCCCCc1nc(C2(c3ccccc3)CCCC2)no1. The molecule has 4 heteroatoms. The van der Waals surface area contributed by atoms with Crippen molar-refractivity contribution in [1.29, 1.82) is 0 Å². The molecule has 2 aromatic rings. The lowest BCUT2D eigenvalue weighted by Gasteiger charge is -2.25. The van der Waals surface area contributed by atoms with Crippen molar-refractivity contribution in [1.82, 2.24) is 10.1 Å². The van der Waals surface area contributed by atoms with Gasteiger partial charge < -0.3 is 9.63 Å². The molecule has 1 aliphatic carbocycles. The molecule has 1 fully saturated rings. The zero-order valence-electron chi connectivity index (χ0n) is 12.3. The van der Waals surface area contributed by atoms with E-state index in [0.29, 0.717) is 5.89 Å². The molecule has 1 N–H and O–H groups in total. The first kappa shape index (κ1) is 14.3. The molecule has 0 spiro atoms. The van der Waals surface area contributed by atoms with Gasteiger partial charge in [-0.25, -0.2) is 0 Å². The molecule has 1 aromatic heterocycles. The number of hydrogen-bond donors (Lipinski definition) is 1. The van der Waals surface area contributed by atoms with Crippen molar-refractivity contribution in [3.05, 3.63) is 47.6 Å². The molecule has 0 bridgehead atoms. The second-order valence-corrected chi connectivity index (χ2v) is 5.85. The summed E-state index contributed by atoms with van der Waals surface area (Å²) in [7, 11) is 0. The highest BCUT2D eigenvalue weighted by Gasteiger charge is 2.41. The van der Waals surface area contributed by atoms with Gasteiger partial charge in [-0.05, 0) is 31.2 Å². The van der Waals surface area contributed by atoms with Crippen molar-refractivity contribution < 1.29 is 9.63 Å². The van der Waals surface area contributed by atoms with Gasteiger partial charge in [0, 0.05) is 13.0 Å². The van der Waals surface area contributed by atoms with Crippen molar-refractivity contribution in [2.75, 3.05) is 6.61 Å². The third-order valence-corrected chi connectivity index (χ3v) is 4.48. The number of aliphatic hydroxyl groups excluding tert-OH is 1. The van der Waals surface area contributed by atoms with Gasteiger partial charge in [-0.15, -0.1) is 0 Å². The molecule has 0 radical (unpaired) electrons. The normalized spacial score (nSPS) is 17.2. The summed E-state index contributed by atoms with van der Waals surface area (Å²) in [6.45, 7) is 0.217. The average Bonchev–Trinajstić information content (AvgIpc) is 3.18. The summed E-state index contributed by atoms with van der Waals surface area (Å²) in [6, 6.07) is 10.6. The number of hydrogen-bond acceptors (Lipinski definition) is 4. The monoisotopic (exact) mass is 286 g/mol. The maximum atomic E-state index is 8.85. The molecule has 0 atom stereocenters. The number of unbranched alkanes of at least 4 members (excludes halogenated alkanes) is 1. The van der Waals surface area contributed by atoms with Crippen LogP contribution >= 0.6 is 0 Å². The average molecular weight is 286 g/mol. The molecule has 112 valence electrons. The van der Waals surface area contributed by atoms with Gasteiger partial charge in [-0.3, -0.25) is 0 Å². The molecule has 1 saturated carbocycles. The minimum Gasteiger partial charge on any atom is -0.396 e. The summed E-state index contributed by atoms with van der Waals surface area (Å²) in [4.78, 5) is 4.65. The van der Waals surface area contributed by atoms with E-state index in [9.17, 15) is 0 Å². The van der Waals surface area contributed by atoms with Crippen LogP contribution in [0.15, 0.2) is 34.9 Å². The molecular weight excluding hydrogens is 264 g/mol. The van der Waals surface area contributed by atoms with Crippen LogP contribution in [0.5, 0.6) is 0 Å². The maximum absolute atomic E-state index is 8.85. The minimum atomic E-state index is -0.0695. The third-order valence-electron chi connectivity index (χ3n) is 4.48. The highest BCUT2D eigenvalue weighted by molar-refractivity contribution is 5.33. The van der Waals surface area contributed by atoms with Gasteiger partial charge in [0.15, 0.2) is 5.82 Å². The fraction of sp³-hybridized carbons (Fsp3) is 0.529. The van der Waals surface area contributed by atoms with E-state index in [0.717, 1.165) is 37.9 Å². The van der Waals surface area contributed by atoms with Gasteiger partial charge >= 0.3 is 0 Å². The first-order valence-electron chi connectivity index (χ1n) is 7.85. The summed E-state index contributed by atoms with van der Waals surface area (Å²) in [5.41, 5.74) is 1.23. The molecular formula is C17H22N2O2. The summed E-state index contributed by atoms with van der Waals surface area (Å²) in [5, 5.41) is 13.1. The summed E-state index contributed by atoms with van der Waals surface area (Å²) in [5.74, 6) is 1.53. The molecule has 1 aromatic carbocycles. The molecule has 0 aliphatic heterocycles. The van der Waals surface area contributed by atoms with Crippen LogP contribution in [0, 0.1) is 0 Å². The van der Waals surface area contributed by atoms with E-state index in [1.807, 2.05) is 6.07 Å². The maximum Gasteiger partial charge on any atom is 0.226 e. The van der Waals surface area contributed by atoms with Crippen LogP contribution in [0.1, 0.15) is 55.8 Å². The van der Waals surface area contributed by atoms with Crippen molar-refractivity contribution in [3.8, 4) is 0 Å². The van der Waals surface area contributed by atoms with Gasteiger partial charge in [0.25, 0.3) is 0 Å². The van der Waals surface area contributed by atoms with Gasteiger partial charge in [0.2, 0.25) is 5.89 Å². The van der Waals surface area contributed by atoms with Crippen LogP contribution in [0.25, 0.3) is 0 Å². The van der Waals surface area contributed by atoms with E-state index < -0.39 is 0 Å². The molecule has 0 unspecified atom stereocenters. The zero-order valence-corrected chi connectivity index (χ0v) is 12.3. The van der Waals surface area contributed by atoms with Crippen LogP contribution < -0.4 is 0 Å². The Kier molecular flexibility index (Phi) is 4.34. The lowest BCUT2D eigenvalue weighted by molar-refractivity contribution is 0.280. The minimum absolute atomic E-state index is 0.0695. The molecule has 0 saturated heterocycles. The number of aryl methyl sites for hydroxylation is 1. The molecule has 4 nitrogen and oxygen atoms in total. The fourth-order valence-corrected chi connectivity index (χ4v) is 3.32. The Morgan fingerprint density at radius 3 is 2.57 bits per heavy atom. The van der Waals surface area contributed by atoms with Crippen LogP contribution in [-0.2, 0) is 11.8 Å². The summed E-state index contributed by atoms with van der Waals surface area (Å²) in [6.07, 6.45) is 7.02. The molecule has 1 heterocycles. The fourth-order valence-electron chi connectivity index (χ4n) is 3.32. The Bertz CT molecular complexity index is 559. The van der Waals surface area contributed by atoms with Crippen LogP contribution in [0.3, 0.4) is 0 Å². The Morgan fingerprint density at radius 2 is 1.86 bits per heavy atom. The van der Waals surface area contributed by atoms with Gasteiger partial charge in [-0.1, -0.05) is 48.3 Å². The van der Waals surface area contributed by atoms with E-state index in [2.05, 4.69) is 34.4 Å². The van der Waals surface area contributed by atoms with Crippen LogP contribution in [-0.4, -0.2) is 21.9 Å². The predicted octanol–water partition coefficient (Wildman–Crippen LogP) is 3.24. The largest absolute Gasteiger partial charge is 0.396 e. The van der Waals surface area contributed by atoms with Gasteiger partial charge in [-0.2, -0.15) is 4.98 Å². The Hall–Kier alpha value is -1.68. The molecule has 0 amide bonds. The number of nitrogens with zero attached hydrogens (tertiary/aromatic N) is 2. The van der Waals surface area contributed by atoms with Crippen molar-refractivity contribution in [2.24, 2.45) is 0 Å². The smallest absolute Gasteiger partial charge is 0.226 e. The molecule has 1 aliphatic rings. The van der Waals surface area contributed by atoms with E-state index in [-0.39, 0.29) is 12.0 Å². The quantitative estimate of drug-likeness (QED) is 0.828. The number of benzene rings is 1. The lowest BCUT2D eigenvalue weighted by Crippen LogP contribution is -2.25. The van der Waals surface area contributed by atoms with Crippen LogP contribution in [0.4, 0.5) is 0 Å². The Labute approximate surface area is 125 Å². The van der Waals surface area contributed by atoms with Gasteiger partial charge in [0.05, 0.1) is 5.41 Å². The van der Waals surface area contributed by atoms with Gasteiger partial charge in [0.1, 0.15) is 0 Å². The molecule has 3 rings (SSSR count). The number of rotatable bonds is 6. The predicted molar refractivity (Wildman–Crippen MR) is 80.0 cm³/mol.